The zero-order valence-corrected chi connectivity index (χ0v) is 15.3. The first-order chi connectivity index (χ1) is 13.2. The van der Waals surface area contributed by atoms with Crippen LogP contribution in [0, 0.1) is 5.92 Å². The molecule has 1 aromatic carbocycles. The summed E-state index contributed by atoms with van der Waals surface area (Å²) in [6, 6.07) is 9.14. The lowest BCUT2D eigenvalue weighted by Gasteiger charge is -2.32. The lowest BCUT2D eigenvalue weighted by atomic mass is 9.96. The summed E-state index contributed by atoms with van der Waals surface area (Å²) < 4.78 is 1.53. The number of tetrazole rings is 1. The number of nitrogens with zero attached hydrogens (tertiary/aromatic N) is 5. The second-order valence-corrected chi connectivity index (χ2v) is 7.18. The fourth-order valence-corrected chi connectivity index (χ4v) is 3.82. The monoisotopic (exact) mass is 382 g/mol. The van der Waals surface area contributed by atoms with Crippen LogP contribution in [0.15, 0.2) is 47.4 Å². The van der Waals surface area contributed by atoms with Crippen molar-refractivity contribution in [3.63, 3.8) is 0 Å². The van der Waals surface area contributed by atoms with Crippen molar-refractivity contribution in [1.82, 2.24) is 25.1 Å². The topological polar surface area (TPSA) is 93.0 Å². The Morgan fingerprint density at radius 2 is 2.19 bits per heavy atom. The summed E-state index contributed by atoms with van der Waals surface area (Å²) in [6.45, 7) is 1.13. The van der Waals surface area contributed by atoms with Gasteiger partial charge in [-0.25, -0.2) is 4.68 Å². The third kappa shape index (κ3) is 3.87. The number of carbonyl (C=O) groups excluding carboxylic acids is 2. The van der Waals surface area contributed by atoms with Gasteiger partial charge in [-0.2, -0.15) is 11.3 Å². The average molecular weight is 382 g/mol. The zero-order chi connectivity index (χ0) is 18.6. The van der Waals surface area contributed by atoms with Crippen LogP contribution in [0.4, 0.5) is 5.69 Å². The molecule has 27 heavy (non-hydrogen) atoms. The number of carbonyl (C=O) groups is 2. The van der Waals surface area contributed by atoms with E-state index >= 15 is 0 Å². The van der Waals surface area contributed by atoms with Crippen molar-refractivity contribution < 1.29 is 9.59 Å². The molecule has 1 aliphatic heterocycles. The van der Waals surface area contributed by atoms with Crippen LogP contribution in [-0.4, -0.2) is 50.0 Å². The standard InChI is InChI=1S/C18H18N6O2S/c25-17(20-15-4-1-5-16(9-15)24-12-19-21-22-24)13-3-2-7-23(10-13)18(26)14-6-8-27-11-14/h1,4-6,8-9,11-13H,2-3,7,10H2,(H,20,25)/t13-/m0/s1. The molecule has 0 aliphatic carbocycles. The van der Waals surface area contributed by atoms with E-state index in [1.165, 1.54) is 22.3 Å². The highest BCUT2D eigenvalue weighted by atomic mass is 32.1. The fraction of sp³-hybridized carbons (Fsp3) is 0.278. The molecule has 0 saturated carbocycles. The lowest BCUT2D eigenvalue weighted by Crippen LogP contribution is -2.43. The number of hydrogen-bond acceptors (Lipinski definition) is 6. The maximum absolute atomic E-state index is 12.7. The second kappa shape index (κ2) is 7.67. The van der Waals surface area contributed by atoms with E-state index in [2.05, 4.69) is 20.8 Å². The first-order valence-electron chi connectivity index (χ1n) is 8.66. The van der Waals surface area contributed by atoms with Gasteiger partial charge in [0.15, 0.2) is 0 Å². The van der Waals surface area contributed by atoms with Gasteiger partial charge in [-0.3, -0.25) is 9.59 Å². The molecule has 1 N–H and O–H groups in total. The molecule has 2 amide bonds. The first-order valence-corrected chi connectivity index (χ1v) is 9.61. The van der Waals surface area contributed by atoms with Crippen LogP contribution in [0.5, 0.6) is 0 Å². The molecule has 9 heteroatoms. The molecule has 1 fully saturated rings. The summed E-state index contributed by atoms with van der Waals surface area (Å²) in [5, 5.41) is 17.8. The number of anilines is 1. The van der Waals surface area contributed by atoms with Crippen LogP contribution >= 0.6 is 11.3 Å². The van der Waals surface area contributed by atoms with Gasteiger partial charge in [0.25, 0.3) is 5.91 Å². The predicted molar refractivity (Wildman–Crippen MR) is 101 cm³/mol. The van der Waals surface area contributed by atoms with Crippen LogP contribution in [-0.2, 0) is 4.79 Å². The molecule has 4 rings (SSSR count). The Morgan fingerprint density at radius 3 is 2.96 bits per heavy atom. The Morgan fingerprint density at radius 1 is 1.26 bits per heavy atom. The molecular weight excluding hydrogens is 364 g/mol. The van der Waals surface area contributed by atoms with Crippen molar-refractivity contribution in [1.29, 1.82) is 0 Å². The van der Waals surface area contributed by atoms with Crippen molar-refractivity contribution in [2.24, 2.45) is 5.92 Å². The molecule has 0 radical (unpaired) electrons. The van der Waals surface area contributed by atoms with E-state index < -0.39 is 0 Å². The Balaban J connectivity index is 1.42. The molecule has 2 aromatic heterocycles. The zero-order valence-electron chi connectivity index (χ0n) is 14.5. The highest BCUT2D eigenvalue weighted by Gasteiger charge is 2.29. The third-order valence-corrected chi connectivity index (χ3v) is 5.26. The number of nitrogens with one attached hydrogen (secondary N) is 1. The quantitative estimate of drug-likeness (QED) is 0.747. The van der Waals surface area contributed by atoms with E-state index in [4.69, 9.17) is 0 Å². The van der Waals surface area contributed by atoms with Gasteiger partial charge in [0, 0.05) is 24.2 Å². The Hall–Kier alpha value is -3.07. The van der Waals surface area contributed by atoms with Crippen molar-refractivity contribution in [3.05, 3.63) is 53.0 Å². The summed E-state index contributed by atoms with van der Waals surface area (Å²) >= 11 is 1.50. The average Bonchev–Trinajstić information content (AvgIpc) is 3.42. The Labute approximate surface area is 159 Å². The number of hydrogen-bond donors (Lipinski definition) is 1. The molecule has 1 atom stereocenters. The molecule has 138 valence electrons. The number of likely N-dealkylation sites (tertiary alicyclic amines) is 1. The number of thiophene rings is 1. The normalized spacial score (nSPS) is 16.9. The summed E-state index contributed by atoms with van der Waals surface area (Å²) in [6.07, 6.45) is 3.08. The highest BCUT2D eigenvalue weighted by Crippen LogP contribution is 2.22. The number of aromatic nitrogens is 4. The van der Waals surface area contributed by atoms with E-state index in [9.17, 15) is 9.59 Å². The summed E-state index contributed by atoms with van der Waals surface area (Å²) in [5.74, 6) is -0.306. The van der Waals surface area contributed by atoms with E-state index in [-0.39, 0.29) is 17.7 Å². The van der Waals surface area contributed by atoms with E-state index in [0.29, 0.717) is 24.3 Å². The summed E-state index contributed by atoms with van der Waals surface area (Å²) in [7, 11) is 0. The van der Waals surface area contributed by atoms with Gasteiger partial charge in [0.1, 0.15) is 6.33 Å². The third-order valence-electron chi connectivity index (χ3n) is 4.57. The van der Waals surface area contributed by atoms with Crippen molar-refractivity contribution in [2.45, 2.75) is 12.8 Å². The minimum Gasteiger partial charge on any atom is -0.338 e. The van der Waals surface area contributed by atoms with Crippen LogP contribution in [0.1, 0.15) is 23.2 Å². The molecule has 3 heterocycles. The molecule has 8 nitrogen and oxygen atoms in total. The Bertz CT molecular complexity index is 925. The molecule has 0 spiro atoms. The van der Waals surface area contributed by atoms with Gasteiger partial charge in [-0.15, -0.1) is 5.10 Å². The fourth-order valence-electron chi connectivity index (χ4n) is 3.19. The Kier molecular flexibility index (Phi) is 4.93. The minimum atomic E-state index is -0.224. The van der Waals surface area contributed by atoms with Crippen LogP contribution in [0.2, 0.25) is 0 Å². The van der Waals surface area contributed by atoms with Crippen molar-refractivity contribution >= 4 is 28.8 Å². The summed E-state index contributed by atoms with van der Waals surface area (Å²) in [4.78, 5) is 27.0. The van der Waals surface area contributed by atoms with E-state index in [0.717, 1.165) is 18.5 Å². The first kappa shape index (κ1) is 17.3. The SMILES string of the molecule is O=C(Nc1cccc(-n2cnnn2)c1)[C@H]1CCCN(C(=O)c2ccsc2)C1. The second-order valence-electron chi connectivity index (χ2n) is 6.40. The van der Waals surface area contributed by atoms with Gasteiger partial charge in [0.2, 0.25) is 5.91 Å². The predicted octanol–water partition coefficient (Wildman–Crippen LogP) is 2.21. The van der Waals surface area contributed by atoms with Crippen molar-refractivity contribution in [3.8, 4) is 5.69 Å². The lowest BCUT2D eigenvalue weighted by molar-refractivity contribution is -0.121. The molecular formula is C18H18N6O2S. The molecule has 3 aromatic rings. The smallest absolute Gasteiger partial charge is 0.254 e. The molecule has 1 saturated heterocycles. The van der Waals surface area contributed by atoms with Crippen LogP contribution < -0.4 is 5.32 Å². The highest BCUT2D eigenvalue weighted by molar-refractivity contribution is 7.08. The number of amides is 2. The number of benzene rings is 1. The van der Waals surface area contributed by atoms with E-state index in [1.54, 1.807) is 4.90 Å². The van der Waals surface area contributed by atoms with Gasteiger partial charge in [0.05, 0.1) is 17.2 Å². The maximum Gasteiger partial charge on any atom is 0.254 e. The van der Waals surface area contributed by atoms with Gasteiger partial charge in [-0.05, 0) is 52.9 Å². The summed E-state index contributed by atoms with van der Waals surface area (Å²) in [5.41, 5.74) is 2.13. The largest absolute Gasteiger partial charge is 0.338 e. The van der Waals surface area contributed by atoms with Crippen LogP contribution in [0.25, 0.3) is 5.69 Å². The van der Waals surface area contributed by atoms with Crippen LogP contribution in [0.3, 0.4) is 0 Å². The van der Waals surface area contributed by atoms with Crippen molar-refractivity contribution in [2.75, 3.05) is 18.4 Å². The minimum absolute atomic E-state index is 0.00516. The molecule has 0 unspecified atom stereocenters. The maximum atomic E-state index is 12.7. The molecule has 0 bridgehead atoms. The van der Waals surface area contributed by atoms with E-state index in [1.807, 2.05) is 41.1 Å². The number of rotatable bonds is 4. The van der Waals surface area contributed by atoms with Gasteiger partial charge in [-0.1, -0.05) is 6.07 Å². The van der Waals surface area contributed by atoms with Gasteiger partial charge >= 0.3 is 0 Å². The molecule has 1 aliphatic rings. The number of piperidine rings is 1. The van der Waals surface area contributed by atoms with Gasteiger partial charge < -0.3 is 10.2 Å².